The smallest absolute Gasteiger partial charge is 0.407 e. The fourth-order valence-electron chi connectivity index (χ4n) is 5.57. The van der Waals surface area contributed by atoms with Crippen LogP contribution in [0.2, 0.25) is 0 Å². The second kappa shape index (κ2) is 27.2. The van der Waals surface area contributed by atoms with Crippen LogP contribution in [0.15, 0.2) is 29.2 Å². The van der Waals surface area contributed by atoms with Crippen LogP contribution >= 0.6 is 11.8 Å². The molecular weight excluding hydrogens is 865 g/mol. The van der Waals surface area contributed by atoms with E-state index in [9.17, 15) is 57.8 Å². The number of anilines is 1. The van der Waals surface area contributed by atoms with Gasteiger partial charge in [-0.3, -0.25) is 43.3 Å². The Morgan fingerprint density at radius 2 is 1.50 bits per heavy atom. The molecule has 11 amide bonds. The number of nitrogens with two attached hydrogens (primary N) is 1. The van der Waals surface area contributed by atoms with Crippen molar-refractivity contribution in [3.05, 3.63) is 34.7 Å². The van der Waals surface area contributed by atoms with Gasteiger partial charge < -0.3 is 62.8 Å². The van der Waals surface area contributed by atoms with Gasteiger partial charge in [0.05, 0.1) is 4.91 Å². The number of carbonyl (C=O) groups is 11. The number of benzene rings is 1. The molecule has 25 heteroatoms. The number of hydrogen-bond acceptors (Lipinski definition) is 14. The van der Waals surface area contributed by atoms with Crippen LogP contribution in [0.1, 0.15) is 58.9 Å². The Morgan fingerprint density at radius 3 is 2.11 bits per heavy atom. The van der Waals surface area contributed by atoms with Crippen LogP contribution in [0.25, 0.3) is 0 Å². The third-order valence-corrected chi connectivity index (χ3v) is 9.89. The lowest BCUT2D eigenvalue weighted by molar-refractivity contribution is -0.141. The number of carboxylic acid groups (broad SMARTS) is 1. The topological polar surface area (TPSA) is 352 Å². The molecule has 64 heavy (non-hydrogen) atoms. The summed E-state index contributed by atoms with van der Waals surface area (Å²) in [6.45, 7) is 5.15. The molecule has 1 aliphatic heterocycles. The van der Waals surface area contributed by atoms with E-state index in [2.05, 4.69) is 42.5 Å². The molecule has 3 atom stereocenters. The number of nitrogens with one attached hydrogen (secondary N) is 8. The van der Waals surface area contributed by atoms with Gasteiger partial charge in [-0.25, -0.2) is 14.4 Å². The van der Waals surface area contributed by atoms with Crippen molar-refractivity contribution in [2.24, 2.45) is 11.7 Å². The minimum Gasteiger partial charge on any atom is -0.483 e. The highest BCUT2D eigenvalue weighted by molar-refractivity contribution is 8.04. The van der Waals surface area contributed by atoms with Gasteiger partial charge in [0.2, 0.25) is 29.5 Å². The van der Waals surface area contributed by atoms with E-state index >= 15 is 0 Å². The lowest BCUT2D eigenvalue weighted by Crippen LogP contribution is -2.54. The molecule has 0 bridgehead atoms. The van der Waals surface area contributed by atoms with Crippen molar-refractivity contribution in [3.8, 4) is 5.75 Å². The number of ether oxygens (including phenoxy) is 2. The maximum absolute atomic E-state index is 13.5. The first kappa shape index (κ1) is 53.2. The van der Waals surface area contributed by atoms with E-state index in [1.165, 1.54) is 32.2 Å². The van der Waals surface area contributed by atoms with Gasteiger partial charge in [0, 0.05) is 82.6 Å². The highest BCUT2D eigenvalue weighted by atomic mass is 32.2. The summed E-state index contributed by atoms with van der Waals surface area (Å²) in [6.07, 6.45) is 0.658. The maximum Gasteiger partial charge on any atom is 0.407 e. The molecule has 0 radical (unpaired) electrons. The Labute approximate surface area is 372 Å². The highest BCUT2D eigenvalue weighted by Crippen LogP contribution is 2.26. The molecule has 0 fully saturated rings. The minimum atomic E-state index is -1.31. The normalized spacial score (nSPS) is 13.3. The Morgan fingerprint density at radius 1 is 0.844 bits per heavy atom. The van der Waals surface area contributed by atoms with Crippen LogP contribution in [0.5, 0.6) is 5.75 Å². The number of primary amides is 1. The number of amides is 11. The number of carboxylic acids is 1. The molecule has 1 aromatic carbocycles. The predicted molar refractivity (Wildman–Crippen MR) is 229 cm³/mol. The zero-order chi connectivity index (χ0) is 47.9. The number of urea groups is 1. The van der Waals surface area contributed by atoms with Crippen molar-refractivity contribution >= 4 is 82.8 Å². The summed E-state index contributed by atoms with van der Waals surface area (Å²) in [6, 6.07) is 0.226. The van der Waals surface area contributed by atoms with Crippen molar-refractivity contribution < 1.29 is 67.3 Å². The maximum atomic E-state index is 13.5. The molecule has 2 rings (SSSR count). The van der Waals surface area contributed by atoms with Crippen LogP contribution in [0.4, 0.5) is 15.3 Å². The predicted octanol–water partition coefficient (Wildman–Crippen LogP) is -1.46. The summed E-state index contributed by atoms with van der Waals surface area (Å²) in [4.78, 5) is 135. The molecule has 0 saturated carbocycles. The fraction of sp³-hybridized carbons (Fsp3) is 0.513. The molecule has 1 heterocycles. The third kappa shape index (κ3) is 19.4. The van der Waals surface area contributed by atoms with E-state index in [4.69, 9.17) is 15.2 Å². The molecule has 352 valence electrons. The Balaban J connectivity index is 1.96. The lowest BCUT2D eigenvalue weighted by atomic mass is 10.0. The average molecular weight is 921 g/mol. The molecule has 1 aromatic rings. The Hall–Kier alpha value is -6.92. The number of nitrogens with zero attached hydrogens (tertiary/aromatic N) is 1. The number of hydrogen-bond donors (Lipinski definition) is 10. The summed E-state index contributed by atoms with van der Waals surface area (Å²) in [5.41, 5.74) is 5.64. The molecule has 0 aliphatic carbocycles. The Kier molecular flexibility index (Phi) is 22.6. The van der Waals surface area contributed by atoms with Gasteiger partial charge in [-0.1, -0.05) is 13.8 Å². The van der Waals surface area contributed by atoms with E-state index in [0.29, 0.717) is 5.56 Å². The number of alkyl carbamates (subject to hydrolysis) is 1. The molecule has 0 saturated heterocycles. The van der Waals surface area contributed by atoms with Crippen molar-refractivity contribution in [3.63, 3.8) is 0 Å². The number of imide groups is 1. The molecule has 0 spiro atoms. The second-order valence-electron chi connectivity index (χ2n) is 14.4. The Bertz CT molecular complexity index is 1940. The summed E-state index contributed by atoms with van der Waals surface area (Å²) in [5.74, 6) is -6.47. The van der Waals surface area contributed by atoms with Gasteiger partial charge in [0.25, 0.3) is 17.7 Å². The van der Waals surface area contributed by atoms with Crippen LogP contribution in [-0.4, -0.2) is 139 Å². The molecule has 24 nitrogen and oxygen atoms in total. The molecule has 1 aliphatic rings. The molecule has 0 unspecified atom stereocenters. The first-order valence-electron chi connectivity index (χ1n) is 20.0. The van der Waals surface area contributed by atoms with Crippen molar-refractivity contribution in [1.82, 2.24) is 42.1 Å². The van der Waals surface area contributed by atoms with E-state index in [1.54, 1.807) is 13.8 Å². The number of rotatable bonds is 27. The zero-order valence-corrected chi connectivity index (χ0v) is 36.9. The van der Waals surface area contributed by atoms with Gasteiger partial charge in [0.1, 0.15) is 30.5 Å². The zero-order valence-electron chi connectivity index (χ0n) is 36.1. The first-order chi connectivity index (χ1) is 30.2. The van der Waals surface area contributed by atoms with Gasteiger partial charge in [-0.2, -0.15) is 0 Å². The summed E-state index contributed by atoms with van der Waals surface area (Å²) in [7, 11) is 1.36. The van der Waals surface area contributed by atoms with Gasteiger partial charge >= 0.3 is 18.1 Å². The van der Waals surface area contributed by atoms with Crippen LogP contribution < -0.4 is 53.0 Å². The van der Waals surface area contributed by atoms with E-state index in [1.807, 2.05) is 0 Å². The molecule has 11 N–H and O–H groups in total. The standard InChI is InChI=1S/C39H56N10O14S/c1-21(2)33(46-23(4)51)35(56)48-26(8-6-12-44-38(40)60)34(55)47-25-10-9-24(18-63-39(61)41-5)28(16-25)62-19-31(53)43-14-7-13-42-30(52)11-15-49-32(54)17-29(36(49)57)64-20-27(37(58)59)45-22(3)50/h9-10,16-17,21,26-27,33H,6-8,11-15,18-20H2,1-5H3,(H,41,61)(H,42,52)(H,43,53)(H,45,50)(H,46,51)(H,47,55)(H,48,56)(H,58,59)(H3,40,44,60)/t26-,27-,33-/m0/s1. The van der Waals surface area contributed by atoms with E-state index < -0.39 is 90.1 Å². The number of aliphatic carboxylic acids is 1. The van der Waals surface area contributed by atoms with Gasteiger partial charge in [0.15, 0.2) is 6.61 Å². The van der Waals surface area contributed by atoms with E-state index in [-0.39, 0.29) is 86.5 Å². The summed E-state index contributed by atoms with van der Waals surface area (Å²) >= 11 is 0.793. The lowest BCUT2D eigenvalue weighted by Gasteiger charge is -2.25. The molecular formula is C39H56N10O14S. The van der Waals surface area contributed by atoms with Crippen LogP contribution in [-0.2, 0) is 54.5 Å². The monoisotopic (exact) mass is 920 g/mol. The van der Waals surface area contributed by atoms with Crippen LogP contribution in [0, 0.1) is 5.92 Å². The second-order valence-corrected chi connectivity index (χ2v) is 15.4. The van der Waals surface area contributed by atoms with Gasteiger partial charge in [-0.05, 0) is 37.3 Å². The molecule has 0 aromatic heterocycles. The summed E-state index contributed by atoms with van der Waals surface area (Å²) in [5, 5.41) is 29.4. The van der Waals surface area contributed by atoms with E-state index in [0.717, 1.165) is 29.7 Å². The number of carbonyl (C=O) groups excluding carboxylic acids is 10. The quantitative estimate of drug-likeness (QED) is 0.0356. The van der Waals surface area contributed by atoms with Crippen LogP contribution in [0.3, 0.4) is 0 Å². The fourth-order valence-corrected chi connectivity index (χ4v) is 6.56. The number of thioether (sulfide) groups is 1. The average Bonchev–Trinajstić information content (AvgIpc) is 3.49. The summed E-state index contributed by atoms with van der Waals surface area (Å²) < 4.78 is 10.9. The first-order valence-corrected chi connectivity index (χ1v) is 21.0. The van der Waals surface area contributed by atoms with Crippen molar-refractivity contribution in [2.75, 3.05) is 50.9 Å². The highest BCUT2D eigenvalue weighted by Gasteiger charge is 2.33. The van der Waals surface area contributed by atoms with Crippen molar-refractivity contribution in [1.29, 1.82) is 0 Å². The van der Waals surface area contributed by atoms with Gasteiger partial charge in [-0.15, -0.1) is 11.8 Å². The minimum absolute atomic E-state index is 0.0219. The van der Waals surface area contributed by atoms with Crippen molar-refractivity contribution in [2.45, 2.75) is 78.1 Å². The largest absolute Gasteiger partial charge is 0.483 e. The third-order valence-electron chi connectivity index (χ3n) is 8.78. The SMILES string of the molecule is CNC(=O)OCc1ccc(NC(=O)[C@H](CCCNC(N)=O)NC(=O)[C@@H](NC(C)=O)C(C)C)cc1OCC(=O)NCCCNC(=O)CCN1C(=O)C=C(SC[C@H](NC(C)=O)C(=O)O)C1=O.